The molecule has 3 unspecified atom stereocenters. The largest absolute Gasteiger partial charge is 0.444 e. The molecule has 3 atom stereocenters. The normalized spacial score (nSPS) is 26.1. The lowest BCUT2D eigenvalue weighted by Crippen LogP contribution is -2.53. The number of nitrogens with zero attached hydrogens (tertiary/aromatic N) is 1. The van der Waals surface area contributed by atoms with Gasteiger partial charge in [0.2, 0.25) is 5.91 Å². The number of nitrogens with one attached hydrogen (secondary N) is 1. The highest BCUT2D eigenvalue weighted by Crippen LogP contribution is 2.37. The molecule has 2 aliphatic rings. The lowest BCUT2D eigenvalue weighted by atomic mass is 10.0. The molecule has 0 spiro atoms. The first-order valence-corrected chi connectivity index (χ1v) is 7.97. The zero-order valence-electron chi connectivity index (χ0n) is 13.8. The van der Waals surface area contributed by atoms with E-state index in [-0.39, 0.29) is 11.8 Å². The second-order valence-corrected chi connectivity index (χ2v) is 7.69. The summed E-state index contributed by atoms with van der Waals surface area (Å²) in [4.78, 5) is 26.7. The molecule has 1 saturated heterocycles. The number of amides is 2. The van der Waals surface area contributed by atoms with Crippen LogP contribution in [0.25, 0.3) is 0 Å². The van der Waals surface area contributed by atoms with Crippen molar-refractivity contribution in [3.05, 3.63) is 0 Å². The summed E-state index contributed by atoms with van der Waals surface area (Å²) < 4.78 is 5.27. The molecule has 2 amide bonds. The van der Waals surface area contributed by atoms with Gasteiger partial charge in [-0.1, -0.05) is 13.8 Å². The highest BCUT2D eigenvalue weighted by molar-refractivity contribution is 5.86. The number of likely N-dealkylation sites (tertiary alicyclic amines) is 1. The van der Waals surface area contributed by atoms with E-state index in [2.05, 4.69) is 5.32 Å². The number of ether oxygens (including phenoxy) is 1. The Morgan fingerprint density at radius 2 is 1.90 bits per heavy atom. The first kappa shape index (κ1) is 16.1. The van der Waals surface area contributed by atoms with Crippen LogP contribution in [0.15, 0.2) is 0 Å². The predicted octanol–water partition coefficient (Wildman–Crippen LogP) is 2.55. The van der Waals surface area contributed by atoms with Crippen molar-refractivity contribution >= 4 is 12.0 Å². The first-order chi connectivity index (χ1) is 9.67. The molecule has 1 aliphatic carbocycles. The summed E-state index contributed by atoms with van der Waals surface area (Å²) in [5.41, 5.74) is -0.554. The molecule has 1 saturated carbocycles. The van der Waals surface area contributed by atoms with Gasteiger partial charge in [0.05, 0.1) is 0 Å². The number of rotatable bonds is 3. The molecule has 21 heavy (non-hydrogen) atoms. The molecule has 1 aliphatic heterocycles. The van der Waals surface area contributed by atoms with E-state index in [4.69, 9.17) is 4.74 Å². The molecule has 0 radical (unpaired) electrons. The van der Waals surface area contributed by atoms with Gasteiger partial charge in [0, 0.05) is 12.6 Å². The van der Waals surface area contributed by atoms with Crippen molar-refractivity contribution in [3.8, 4) is 0 Å². The monoisotopic (exact) mass is 296 g/mol. The van der Waals surface area contributed by atoms with Crippen molar-refractivity contribution in [1.82, 2.24) is 10.2 Å². The number of hydrogen-bond acceptors (Lipinski definition) is 3. The van der Waals surface area contributed by atoms with Crippen LogP contribution in [0.3, 0.4) is 0 Å². The van der Waals surface area contributed by atoms with Gasteiger partial charge in [0.15, 0.2) is 0 Å². The number of carbonyl (C=O) groups is 2. The fourth-order valence-electron chi connectivity index (χ4n) is 3.32. The van der Waals surface area contributed by atoms with Gasteiger partial charge >= 0.3 is 6.09 Å². The van der Waals surface area contributed by atoms with Gasteiger partial charge in [0.1, 0.15) is 11.6 Å². The van der Waals surface area contributed by atoms with Crippen LogP contribution in [0.1, 0.15) is 53.9 Å². The van der Waals surface area contributed by atoms with Crippen LogP contribution in [0.4, 0.5) is 4.79 Å². The Labute approximate surface area is 127 Å². The highest BCUT2D eigenvalue weighted by atomic mass is 16.6. The molecule has 2 bridgehead atoms. The van der Waals surface area contributed by atoms with Gasteiger partial charge < -0.3 is 15.0 Å². The molecular formula is C16H28N2O3. The lowest BCUT2D eigenvalue weighted by Gasteiger charge is -2.33. The molecule has 1 heterocycles. The van der Waals surface area contributed by atoms with E-state index in [0.717, 1.165) is 19.4 Å². The molecule has 1 N–H and O–H groups in total. The van der Waals surface area contributed by atoms with E-state index in [1.165, 1.54) is 6.42 Å². The van der Waals surface area contributed by atoms with Crippen molar-refractivity contribution in [2.24, 2.45) is 11.8 Å². The summed E-state index contributed by atoms with van der Waals surface area (Å²) in [6, 6.07) is -0.122. The Kier molecular flexibility index (Phi) is 4.49. The smallest absolute Gasteiger partial charge is 0.408 e. The SMILES string of the molecule is CC(C)C(NC(=O)OC(C)(C)C)C(=O)N1CC2CCC1C2. The molecule has 0 aromatic rings. The zero-order valence-corrected chi connectivity index (χ0v) is 13.8. The van der Waals surface area contributed by atoms with Crippen LogP contribution in [0.2, 0.25) is 0 Å². The van der Waals surface area contributed by atoms with Gasteiger partial charge in [-0.2, -0.15) is 0 Å². The Hall–Kier alpha value is -1.26. The quantitative estimate of drug-likeness (QED) is 0.870. The minimum Gasteiger partial charge on any atom is -0.444 e. The fourth-order valence-corrected chi connectivity index (χ4v) is 3.32. The molecule has 2 fully saturated rings. The predicted molar refractivity (Wildman–Crippen MR) is 80.8 cm³/mol. The van der Waals surface area contributed by atoms with E-state index in [9.17, 15) is 9.59 Å². The molecule has 5 nitrogen and oxygen atoms in total. The summed E-state index contributed by atoms with van der Waals surface area (Å²) in [6.45, 7) is 10.2. The second-order valence-electron chi connectivity index (χ2n) is 7.69. The van der Waals surface area contributed by atoms with E-state index in [1.807, 2.05) is 39.5 Å². The van der Waals surface area contributed by atoms with Crippen molar-refractivity contribution < 1.29 is 14.3 Å². The van der Waals surface area contributed by atoms with Crippen LogP contribution in [0, 0.1) is 11.8 Å². The summed E-state index contributed by atoms with van der Waals surface area (Å²) in [6.07, 6.45) is 2.95. The number of carbonyl (C=O) groups excluding carboxylic acids is 2. The Balaban J connectivity index is 1.98. The van der Waals surface area contributed by atoms with Gasteiger partial charge in [-0.25, -0.2) is 4.79 Å². The van der Waals surface area contributed by atoms with Crippen LogP contribution < -0.4 is 5.32 Å². The standard InChI is InChI=1S/C16H28N2O3/c1-10(2)13(17-15(20)21-16(3,4)5)14(19)18-9-11-6-7-12(18)8-11/h10-13H,6-9H2,1-5H3,(H,17,20). The molecule has 5 heteroatoms. The maximum atomic E-state index is 12.7. The van der Waals surface area contributed by atoms with Crippen molar-refractivity contribution in [2.45, 2.75) is 71.6 Å². The molecule has 120 valence electrons. The lowest BCUT2D eigenvalue weighted by molar-refractivity contribution is -0.136. The van der Waals surface area contributed by atoms with Gasteiger partial charge in [0.25, 0.3) is 0 Å². The minimum atomic E-state index is -0.554. The minimum absolute atomic E-state index is 0.0445. The number of alkyl carbamates (subject to hydrolysis) is 1. The molecule has 2 rings (SSSR count). The Bertz CT molecular complexity index is 414. The van der Waals surface area contributed by atoms with Gasteiger partial charge in [-0.3, -0.25) is 4.79 Å². The summed E-state index contributed by atoms with van der Waals surface area (Å²) in [7, 11) is 0. The maximum absolute atomic E-state index is 12.7. The Morgan fingerprint density at radius 3 is 2.33 bits per heavy atom. The third kappa shape index (κ3) is 3.89. The number of hydrogen-bond donors (Lipinski definition) is 1. The third-order valence-electron chi connectivity index (χ3n) is 4.30. The topological polar surface area (TPSA) is 58.6 Å². The van der Waals surface area contributed by atoms with Crippen LogP contribution in [0.5, 0.6) is 0 Å². The summed E-state index contributed by atoms with van der Waals surface area (Å²) in [5.74, 6) is 0.750. The first-order valence-electron chi connectivity index (χ1n) is 7.97. The maximum Gasteiger partial charge on any atom is 0.408 e. The van der Waals surface area contributed by atoms with Gasteiger partial charge in [-0.15, -0.1) is 0 Å². The summed E-state index contributed by atoms with van der Waals surface area (Å²) in [5, 5.41) is 2.76. The second kappa shape index (κ2) is 5.85. The Morgan fingerprint density at radius 1 is 1.24 bits per heavy atom. The molecule has 0 aromatic heterocycles. The van der Waals surface area contributed by atoms with Crippen LogP contribution in [-0.2, 0) is 9.53 Å². The molecule has 0 aromatic carbocycles. The van der Waals surface area contributed by atoms with Crippen molar-refractivity contribution in [3.63, 3.8) is 0 Å². The van der Waals surface area contributed by atoms with Crippen LogP contribution >= 0.6 is 0 Å². The van der Waals surface area contributed by atoms with E-state index in [1.54, 1.807) is 0 Å². The highest BCUT2D eigenvalue weighted by Gasteiger charge is 2.43. The zero-order chi connectivity index (χ0) is 15.8. The van der Waals surface area contributed by atoms with E-state index in [0.29, 0.717) is 12.0 Å². The van der Waals surface area contributed by atoms with Crippen LogP contribution in [-0.4, -0.2) is 41.1 Å². The third-order valence-corrected chi connectivity index (χ3v) is 4.30. The number of piperidine rings is 1. The fraction of sp³-hybridized carbons (Fsp3) is 0.875. The van der Waals surface area contributed by atoms with Crippen molar-refractivity contribution in [1.29, 1.82) is 0 Å². The molecular weight excluding hydrogens is 268 g/mol. The van der Waals surface area contributed by atoms with E-state index >= 15 is 0 Å². The van der Waals surface area contributed by atoms with E-state index < -0.39 is 17.7 Å². The van der Waals surface area contributed by atoms with Gasteiger partial charge in [-0.05, 0) is 51.9 Å². The summed E-state index contributed by atoms with van der Waals surface area (Å²) >= 11 is 0. The van der Waals surface area contributed by atoms with Crippen molar-refractivity contribution in [2.75, 3.05) is 6.54 Å². The average Bonchev–Trinajstić information content (AvgIpc) is 2.94. The average molecular weight is 296 g/mol. The number of fused-ring (bicyclic) bond motifs is 2.